The Morgan fingerprint density at radius 3 is 2.73 bits per heavy atom. The molecule has 1 aliphatic rings. The van der Waals surface area contributed by atoms with Crippen molar-refractivity contribution in [1.82, 2.24) is 0 Å². The van der Waals surface area contributed by atoms with Gasteiger partial charge in [0, 0.05) is 14.9 Å². The van der Waals surface area contributed by atoms with Gasteiger partial charge in [-0.15, -0.1) is 11.8 Å². The van der Waals surface area contributed by atoms with Crippen LogP contribution in [0.25, 0.3) is 0 Å². The van der Waals surface area contributed by atoms with E-state index < -0.39 is 11.2 Å². The van der Waals surface area contributed by atoms with Gasteiger partial charge in [0.25, 0.3) is 0 Å². The van der Waals surface area contributed by atoms with Crippen molar-refractivity contribution < 1.29 is 19.1 Å². The van der Waals surface area contributed by atoms with Crippen LogP contribution in [0, 0.1) is 0 Å². The van der Waals surface area contributed by atoms with E-state index >= 15 is 0 Å². The number of esters is 1. The summed E-state index contributed by atoms with van der Waals surface area (Å²) in [4.78, 5) is 25.0. The number of benzene rings is 2. The fourth-order valence-electron chi connectivity index (χ4n) is 2.34. The molecule has 8 heteroatoms. The van der Waals surface area contributed by atoms with Crippen molar-refractivity contribution in [3.8, 4) is 5.75 Å². The monoisotopic (exact) mass is 411 g/mol. The Bertz CT molecular complexity index is 831. The Balaban J connectivity index is 1.44. The van der Waals surface area contributed by atoms with Gasteiger partial charge >= 0.3 is 5.97 Å². The second-order valence-corrected chi connectivity index (χ2v) is 7.58. The summed E-state index contributed by atoms with van der Waals surface area (Å²) in [5, 5.41) is 3.34. The van der Waals surface area contributed by atoms with Crippen molar-refractivity contribution in [3.63, 3.8) is 0 Å². The van der Waals surface area contributed by atoms with Gasteiger partial charge in [-0.25, -0.2) is 0 Å². The summed E-state index contributed by atoms with van der Waals surface area (Å²) in [6.45, 7) is 0.300. The third-order valence-electron chi connectivity index (χ3n) is 3.52. The quantitative estimate of drug-likeness (QED) is 0.562. The van der Waals surface area contributed by atoms with Gasteiger partial charge < -0.3 is 14.8 Å². The summed E-state index contributed by atoms with van der Waals surface area (Å²) in [5.41, 5.74) is 0.659. The zero-order chi connectivity index (χ0) is 18.5. The number of thioether (sulfide) groups is 1. The van der Waals surface area contributed by atoms with Crippen molar-refractivity contribution in [2.24, 2.45) is 0 Å². The summed E-state index contributed by atoms with van der Waals surface area (Å²) in [5.74, 6) is -0.0901. The maximum atomic E-state index is 12.1. The van der Waals surface area contributed by atoms with Crippen LogP contribution in [0.15, 0.2) is 47.4 Å². The first kappa shape index (κ1) is 18.9. The van der Waals surface area contributed by atoms with E-state index in [2.05, 4.69) is 5.32 Å². The lowest BCUT2D eigenvalue weighted by molar-refractivity contribution is -0.145. The van der Waals surface area contributed by atoms with Crippen LogP contribution in [0.4, 0.5) is 5.69 Å². The Morgan fingerprint density at radius 1 is 1.12 bits per heavy atom. The molecule has 0 aliphatic carbocycles. The molecular formula is C18H15Cl2NO4S. The molecule has 2 aromatic carbocycles. The maximum Gasteiger partial charge on any atom is 0.307 e. The fourth-order valence-corrected chi connectivity index (χ4v) is 3.77. The molecule has 0 saturated heterocycles. The van der Waals surface area contributed by atoms with Crippen LogP contribution in [-0.2, 0) is 14.3 Å². The molecule has 136 valence electrons. The Morgan fingerprint density at radius 2 is 1.92 bits per heavy atom. The van der Waals surface area contributed by atoms with Crippen molar-refractivity contribution in [1.29, 1.82) is 0 Å². The Hall–Kier alpha value is -1.89. The van der Waals surface area contributed by atoms with Crippen LogP contribution in [-0.4, -0.2) is 30.3 Å². The van der Waals surface area contributed by atoms with E-state index in [9.17, 15) is 9.59 Å². The molecule has 0 spiro atoms. The molecule has 0 fully saturated rings. The minimum absolute atomic E-state index is 0.0181. The molecule has 1 atom stereocenters. The predicted molar refractivity (Wildman–Crippen MR) is 102 cm³/mol. The third kappa shape index (κ3) is 5.06. The number of carbonyl (C=O) groups excluding carboxylic acids is 2. The van der Waals surface area contributed by atoms with Gasteiger partial charge in [0.15, 0.2) is 0 Å². The molecule has 1 aliphatic heterocycles. The number of carbonyl (C=O) groups is 2. The summed E-state index contributed by atoms with van der Waals surface area (Å²) in [7, 11) is 0. The number of fused-ring (bicyclic) bond motifs is 1. The summed E-state index contributed by atoms with van der Waals surface area (Å²) >= 11 is 13.1. The lowest BCUT2D eigenvalue weighted by atomic mass is 10.2. The van der Waals surface area contributed by atoms with E-state index in [-0.39, 0.29) is 25.5 Å². The molecule has 5 nitrogen and oxygen atoms in total. The molecule has 0 bridgehead atoms. The Kier molecular flexibility index (Phi) is 6.29. The molecule has 1 N–H and O–H groups in total. The smallest absolute Gasteiger partial charge is 0.307 e. The van der Waals surface area contributed by atoms with E-state index in [0.717, 1.165) is 4.90 Å². The van der Waals surface area contributed by atoms with Crippen LogP contribution in [0.1, 0.15) is 6.42 Å². The molecule has 1 amide bonds. The van der Waals surface area contributed by atoms with Crippen LogP contribution in [0.5, 0.6) is 5.75 Å². The topological polar surface area (TPSA) is 64.6 Å². The molecule has 26 heavy (non-hydrogen) atoms. The molecule has 0 saturated carbocycles. The Labute approximate surface area is 165 Å². The summed E-state index contributed by atoms with van der Waals surface area (Å²) < 4.78 is 10.6. The van der Waals surface area contributed by atoms with E-state index in [1.807, 2.05) is 6.07 Å². The van der Waals surface area contributed by atoms with Crippen LogP contribution < -0.4 is 10.1 Å². The SMILES string of the molecule is O=C(CC1Sc2ccc(Cl)cc2NC1=O)OCCOc1cccc(Cl)c1. The number of amides is 1. The van der Waals surface area contributed by atoms with Crippen LogP contribution >= 0.6 is 35.0 Å². The minimum Gasteiger partial charge on any atom is -0.490 e. The fraction of sp³-hybridized carbons (Fsp3) is 0.222. The van der Waals surface area contributed by atoms with E-state index in [1.54, 1.807) is 36.4 Å². The van der Waals surface area contributed by atoms with Gasteiger partial charge in [0.1, 0.15) is 19.0 Å². The average molecular weight is 412 g/mol. The minimum atomic E-state index is -0.537. The first-order valence-corrected chi connectivity index (χ1v) is 9.46. The molecule has 0 aromatic heterocycles. The molecular weight excluding hydrogens is 397 g/mol. The first-order valence-electron chi connectivity index (χ1n) is 7.82. The van der Waals surface area contributed by atoms with Gasteiger partial charge in [-0.3, -0.25) is 9.59 Å². The maximum absolute atomic E-state index is 12.1. The van der Waals surface area contributed by atoms with Gasteiger partial charge in [0.05, 0.1) is 17.4 Å². The summed E-state index contributed by atoms with van der Waals surface area (Å²) in [6, 6.07) is 12.2. The number of hydrogen-bond acceptors (Lipinski definition) is 5. The van der Waals surface area contributed by atoms with Gasteiger partial charge in [-0.1, -0.05) is 29.3 Å². The number of nitrogens with one attached hydrogen (secondary N) is 1. The second-order valence-electron chi connectivity index (χ2n) is 5.47. The molecule has 2 aromatic rings. The zero-order valence-corrected chi connectivity index (χ0v) is 15.9. The number of rotatable bonds is 6. The molecule has 0 radical (unpaired) electrons. The van der Waals surface area contributed by atoms with Crippen LogP contribution in [0.2, 0.25) is 10.0 Å². The van der Waals surface area contributed by atoms with E-state index in [0.29, 0.717) is 21.5 Å². The molecule has 1 unspecified atom stereocenters. The van der Waals surface area contributed by atoms with Crippen molar-refractivity contribution in [2.75, 3.05) is 18.5 Å². The zero-order valence-electron chi connectivity index (χ0n) is 13.5. The first-order chi connectivity index (χ1) is 12.5. The van der Waals surface area contributed by atoms with Crippen LogP contribution in [0.3, 0.4) is 0 Å². The number of hydrogen-bond donors (Lipinski definition) is 1. The molecule has 1 heterocycles. The highest BCUT2D eigenvalue weighted by Gasteiger charge is 2.29. The summed E-state index contributed by atoms with van der Waals surface area (Å²) in [6.07, 6.45) is -0.0181. The highest BCUT2D eigenvalue weighted by atomic mass is 35.5. The number of ether oxygens (including phenoxy) is 2. The van der Waals surface area contributed by atoms with Crippen molar-refractivity contribution >= 4 is 52.5 Å². The van der Waals surface area contributed by atoms with Gasteiger partial charge in [0.2, 0.25) is 5.91 Å². The molecule has 3 rings (SSSR count). The third-order valence-corrected chi connectivity index (χ3v) is 5.27. The highest BCUT2D eigenvalue weighted by Crippen LogP contribution is 2.38. The second kappa shape index (κ2) is 8.66. The number of anilines is 1. The van der Waals surface area contributed by atoms with E-state index in [1.165, 1.54) is 11.8 Å². The van der Waals surface area contributed by atoms with E-state index in [4.69, 9.17) is 32.7 Å². The lowest BCUT2D eigenvalue weighted by Gasteiger charge is -2.23. The van der Waals surface area contributed by atoms with Crippen molar-refractivity contribution in [3.05, 3.63) is 52.5 Å². The van der Waals surface area contributed by atoms with Gasteiger partial charge in [-0.05, 0) is 36.4 Å². The highest BCUT2D eigenvalue weighted by molar-refractivity contribution is 8.01. The normalized spacial score (nSPS) is 15.8. The van der Waals surface area contributed by atoms with Gasteiger partial charge in [-0.2, -0.15) is 0 Å². The predicted octanol–water partition coefficient (Wildman–Crippen LogP) is 4.42. The average Bonchev–Trinajstić information content (AvgIpc) is 2.60. The largest absolute Gasteiger partial charge is 0.490 e. The standard InChI is InChI=1S/C18H15Cl2NO4S/c19-11-2-1-3-13(8-11)24-6-7-25-17(22)10-16-18(23)21-14-9-12(20)4-5-15(14)26-16/h1-5,8-9,16H,6-7,10H2,(H,21,23). The van der Waals surface area contributed by atoms with Crippen molar-refractivity contribution in [2.45, 2.75) is 16.6 Å². The number of halogens is 2. The lowest BCUT2D eigenvalue weighted by Crippen LogP contribution is -2.31.